The molecule has 0 aliphatic carbocycles. The zero-order valence-electron chi connectivity index (χ0n) is 11.9. The van der Waals surface area contributed by atoms with Crippen molar-refractivity contribution in [2.45, 2.75) is 39.2 Å². The Labute approximate surface area is 133 Å². The van der Waals surface area contributed by atoms with Crippen LogP contribution < -0.4 is 5.32 Å². The highest BCUT2D eigenvalue weighted by Gasteiger charge is 2.12. The molecule has 0 aliphatic rings. The second-order valence-electron chi connectivity index (χ2n) is 4.88. The third-order valence-electron chi connectivity index (χ3n) is 3.05. The van der Waals surface area contributed by atoms with E-state index in [1.165, 1.54) is 5.69 Å². The van der Waals surface area contributed by atoms with Crippen LogP contribution in [0.5, 0.6) is 0 Å². The molecule has 2 heterocycles. The molecule has 1 unspecified atom stereocenters. The maximum absolute atomic E-state index is 4.56. The number of aromatic nitrogens is 2. The smallest absolute Gasteiger partial charge is 0.0897 e. The molecule has 2 aromatic rings. The Morgan fingerprint density at radius 2 is 2.10 bits per heavy atom. The largest absolute Gasteiger partial charge is 0.313 e. The van der Waals surface area contributed by atoms with E-state index in [4.69, 9.17) is 0 Å². The molecule has 0 spiro atoms. The average Bonchev–Trinajstić information content (AvgIpc) is 2.84. The fourth-order valence-corrected chi connectivity index (χ4v) is 2.96. The van der Waals surface area contributed by atoms with E-state index in [9.17, 15) is 0 Å². The highest BCUT2D eigenvalue weighted by atomic mass is 79.9. The maximum atomic E-state index is 4.56. The van der Waals surface area contributed by atoms with E-state index in [1.54, 1.807) is 11.3 Å². The van der Waals surface area contributed by atoms with Gasteiger partial charge < -0.3 is 5.32 Å². The molecule has 0 bridgehead atoms. The molecule has 20 heavy (non-hydrogen) atoms. The Balaban J connectivity index is 2.00. The second kappa shape index (κ2) is 7.86. The van der Waals surface area contributed by atoms with Crippen LogP contribution in [-0.4, -0.2) is 22.6 Å². The van der Waals surface area contributed by atoms with Crippen LogP contribution in [-0.2, 0) is 12.8 Å². The SMILES string of the molecule is CCCNC(Cc1ccc(Br)cn1)Cc1csc(C)n1. The zero-order valence-corrected chi connectivity index (χ0v) is 14.3. The summed E-state index contributed by atoms with van der Waals surface area (Å²) in [5.74, 6) is 0. The molecule has 2 rings (SSSR count). The second-order valence-corrected chi connectivity index (χ2v) is 6.86. The van der Waals surface area contributed by atoms with Crippen molar-refractivity contribution in [1.82, 2.24) is 15.3 Å². The summed E-state index contributed by atoms with van der Waals surface area (Å²) in [5.41, 5.74) is 2.30. The number of halogens is 1. The Bertz CT molecular complexity index is 524. The first kappa shape index (κ1) is 15.6. The van der Waals surface area contributed by atoms with Crippen molar-refractivity contribution in [3.8, 4) is 0 Å². The Kier molecular flexibility index (Phi) is 6.13. The number of nitrogens with one attached hydrogen (secondary N) is 1. The van der Waals surface area contributed by atoms with Gasteiger partial charge in [-0.25, -0.2) is 4.98 Å². The number of rotatable bonds is 7. The molecule has 1 atom stereocenters. The van der Waals surface area contributed by atoms with Crippen LogP contribution in [0.1, 0.15) is 29.7 Å². The maximum Gasteiger partial charge on any atom is 0.0897 e. The minimum atomic E-state index is 0.394. The van der Waals surface area contributed by atoms with Crippen LogP contribution in [0, 0.1) is 6.92 Å². The van der Waals surface area contributed by atoms with Crippen LogP contribution in [0.4, 0.5) is 0 Å². The normalized spacial score (nSPS) is 12.6. The van der Waals surface area contributed by atoms with Gasteiger partial charge >= 0.3 is 0 Å². The van der Waals surface area contributed by atoms with Gasteiger partial charge in [-0.15, -0.1) is 11.3 Å². The van der Waals surface area contributed by atoms with Crippen molar-refractivity contribution in [2.75, 3.05) is 6.54 Å². The molecule has 0 saturated carbocycles. The molecule has 2 aromatic heterocycles. The lowest BCUT2D eigenvalue weighted by Crippen LogP contribution is -2.34. The highest BCUT2D eigenvalue weighted by molar-refractivity contribution is 9.10. The quantitative estimate of drug-likeness (QED) is 0.823. The summed E-state index contributed by atoms with van der Waals surface area (Å²) < 4.78 is 1.02. The molecule has 0 aliphatic heterocycles. The standard InChI is InChI=1S/C15H20BrN3S/c1-3-6-17-14(8-15-10-20-11(2)19-15)7-13-5-4-12(16)9-18-13/h4-5,9-10,14,17H,3,6-8H2,1-2H3. The molecule has 108 valence electrons. The summed E-state index contributed by atoms with van der Waals surface area (Å²) >= 11 is 5.14. The molecule has 0 saturated heterocycles. The zero-order chi connectivity index (χ0) is 14.4. The van der Waals surface area contributed by atoms with E-state index in [1.807, 2.05) is 12.3 Å². The van der Waals surface area contributed by atoms with Crippen LogP contribution in [0.15, 0.2) is 28.2 Å². The molecule has 0 fully saturated rings. The van der Waals surface area contributed by atoms with Gasteiger partial charge in [-0.1, -0.05) is 6.92 Å². The number of hydrogen-bond donors (Lipinski definition) is 1. The van der Waals surface area contributed by atoms with Crippen LogP contribution in [0.3, 0.4) is 0 Å². The van der Waals surface area contributed by atoms with E-state index >= 15 is 0 Å². The van der Waals surface area contributed by atoms with Gasteiger partial charge in [-0.2, -0.15) is 0 Å². The molecule has 0 aromatic carbocycles. The molecule has 0 amide bonds. The summed E-state index contributed by atoms with van der Waals surface area (Å²) in [6.07, 6.45) is 4.89. The van der Waals surface area contributed by atoms with Gasteiger partial charge in [0.25, 0.3) is 0 Å². The predicted molar refractivity (Wildman–Crippen MR) is 88.3 cm³/mol. The van der Waals surface area contributed by atoms with Crippen molar-refractivity contribution in [1.29, 1.82) is 0 Å². The first-order valence-electron chi connectivity index (χ1n) is 6.92. The first-order chi connectivity index (χ1) is 9.67. The van der Waals surface area contributed by atoms with Gasteiger partial charge in [0.15, 0.2) is 0 Å². The highest BCUT2D eigenvalue weighted by Crippen LogP contribution is 2.13. The number of pyridine rings is 1. The van der Waals surface area contributed by atoms with Gasteiger partial charge in [0.2, 0.25) is 0 Å². The topological polar surface area (TPSA) is 37.8 Å². The third kappa shape index (κ3) is 4.96. The Morgan fingerprint density at radius 1 is 1.30 bits per heavy atom. The van der Waals surface area contributed by atoms with Crippen molar-refractivity contribution in [3.63, 3.8) is 0 Å². The number of thiazole rings is 1. The van der Waals surface area contributed by atoms with Crippen LogP contribution in [0.25, 0.3) is 0 Å². The summed E-state index contributed by atoms with van der Waals surface area (Å²) in [4.78, 5) is 9.03. The van der Waals surface area contributed by atoms with Gasteiger partial charge in [-0.3, -0.25) is 4.98 Å². The molecular weight excluding hydrogens is 334 g/mol. The van der Waals surface area contributed by atoms with Gasteiger partial charge in [-0.05, 0) is 48.0 Å². The molecule has 5 heteroatoms. The van der Waals surface area contributed by atoms with E-state index in [0.29, 0.717) is 6.04 Å². The van der Waals surface area contributed by atoms with Crippen molar-refractivity contribution >= 4 is 27.3 Å². The first-order valence-corrected chi connectivity index (χ1v) is 8.59. The van der Waals surface area contributed by atoms with E-state index < -0.39 is 0 Å². The third-order valence-corrected chi connectivity index (χ3v) is 4.34. The van der Waals surface area contributed by atoms with Crippen LogP contribution >= 0.6 is 27.3 Å². The number of hydrogen-bond acceptors (Lipinski definition) is 4. The van der Waals surface area contributed by atoms with E-state index in [2.05, 4.69) is 56.5 Å². The predicted octanol–water partition coefficient (Wildman–Crippen LogP) is 3.76. The summed E-state index contributed by atoms with van der Waals surface area (Å²) in [6, 6.07) is 4.52. The number of aryl methyl sites for hydroxylation is 1. The lowest BCUT2D eigenvalue weighted by molar-refractivity contribution is 0.497. The van der Waals surface area contributed by atoms with Crippen molar-refractivity contribution in [3.05, 3.63) is 44.6 Å². The molecule has 3 nitrogen and oxygen atoms in total. The van der Waals surface area contributed by atoms with E-state index in [0.717, 1.165) is 41.0 Å². The lowest BCUT2D eigenvalue weighted by Gasteiger charge is -2.17. The van der Waals surface area contributed by atoms with Gasteiger partial charge in [0.05, 0.1) is 10.7 Å². The van der Waals surface area contributed by atoms with Crippen molar-refractivity contribution in [2.24, 2.45) is 0 Å². The average molecular weight is 354 g/mol. The fourth-order valence-electron chi connectivity index (χ4n) is 2.10. The van der Waals surface area contributed by atoms with Gasteiger partial charge in [0.1, 0.15) is 0 Å². The monoisotopic (exact) mass is 353 g/mol. The van der Waals surface area contributed by atoms with Gasteiger partial charge in [0, 0.05) is 40.6 Å². The molecular formula is C15H20BrN3S. The minimum Gasteiger partial charge on any atom is -0.313 e. The Morgan fingerprint density at radius 3 is 2.70 bits per heavy atom. The lowest BCUT2D eigenvalue weighted by atomic mass is 10.1. The van der Waals surface area contributed by atoms with Crippen molar-refractivity contribution < 1.29 is 0 Å². The minimum absolute atomic E-state index is 0.394. The summed E-state index contributed by atoms with van der Waals surface area (Å²) in [5, 5.41) is 6.90. The Hall–Kier alpha value is -0.780. The number of nitrogens with zero attached hydrogens (tertiary/aromatic N) is 2. The summed E-state index contributed by atoms with van der Waals surface area (Å²) in [6.45, 7) is 5.28. The molecule has 0 radical (unpaired) electrons. The fraction of sp³-hybridized carbons (Fsp3) is 0.467. The molecule has 1 N–H and O–H groups in total. The van der Waals surface area contributed by atoms with Crippen LogP contribution in [0.2, 0.25) is 0 Å². The summed E-state index contributed by atoms with van der Waals surface area (Å²) in [7, 11) is 0. The van der Waals surface area contributed by atoms with E-state index in [-0.39, 0.29) is 0 Å².